The van der Waals surface area contributed by atoms with Crippen molar-refractivity contribution in [3.05, 3.63) is 41.0 Å². The molecule has 1 N–H and O–H groups in total. The zero-order valence-corrected chi connectivity index (χ0v) is 14.7. The number of aromatic hydroxyl groups is 1. The lowest BCUT2D eigenvalue weighted by molar-refractivity contribution is -0.939. The lowest BCUT2D eigenvalue weighted by Gasteiger charge is -2.57. The van der Waals surface area contributed by atoms with Crippen LogP contribution in [0.2, 0.25) is 0 Å². The number of likely N-dealkylation sites (N-methyl/N-ethyl adjacent to an activating group) is 1. The fraction of sp³-hybridized carbons (Fsp3) is 0.600. The molecule has 0 amide bonds. The average molecular weight is 300 g/mol. The quantitative estimate of drug-likeness (QED) is 0.646. The molecule has 3 rings (SSSR count). The number of fused-ring (bicyclic) bond motifs is 4. The molecule has 1 aliphatic heterocycles. The van der Waals surface area contributed by atoms with Crippen LogP contribution in [0.15, 0.2) is 29.8 Å². The van der Waals surface area contributed by atoms with Gasteiger partial charge in [0, 0.05) is 24.2 Å². The van der Waals surface area contributed by atoms with Crippen LogP contribution in [0.25, 0.3) is 0 Å². The maximum atomic E-state index is 9.92. The summed E-state index contributed by atoms with van der Waals surface area (Å²) in [7, 11) is 2.44. The molecule has 4 unspecified atom stereocenters. The third-order valence-electron chi connectivity index (χ3n) is 6.58. The molecule has 4 atom stereocenters. The molecule has 1 aromatic carbocycles. The van der Waals surface area contributed by atoms with Gasteiger partial charge in [-0.1, -0.05) is 25.5 Å². The lowest BCUT2D eigenvalue weighted by Crippen LogP contribution is -2.66. The Labute approximate surface area is 135 Å². The molecule has 0 saturated carbocycles. The number of quaternary nitrogens is 1. The highest BCUT2D eigenvalue weighted by molar-refractivity contribution is 5.43. The summed E-state index contributed by atoms with van der Waals surface area (Å²) in [6.45, 7) is 11.6. The Bertz CT molecular complexity index is 616. The van der Waals surface area contributed by atoms with Crippen molar-refractivity contribution in [2.24, 2.45) is 5.92 Å². The van der Waals surface area contributed by atoms with Gasteiger partial charge in [0.15, 0.2) is 0 Å². The number of hydrogen-bond acceptors (Lipinski definition) is 1. The Morgan fingerprint density at radius 1 is 1.41 bits per heavy atom. The van der Waals surface area contributed by atoms with Crippen molar-refractivity contribution in [1.82, 2.24) is 0 Å². The first-order chi connectivity index (χ1) is 10.3. The summed E-state index contributed by atoms with van der Waals surface area (Å²) in [6.07, 6.45) is 4.75. The molecule has 1 fully saturated rings. The first-order valence-electron chi connectivity index (χ1n) is 8.56. The topological polar surface area (TPSA) is 20.2 Å². The van der Waals surface area contributed by atoms with E-state index in [-0.39, 0.29) is 5.41 Å². The Morgan fingerprint density at radius 2 is 2.14 bits per heavy atom. The minimum absolute atomic E-state index is 0.208. The number of benzene rings is 1. The van der Waals surface area contributed by atoms with Crippen molar-refractivity contribution in [3.63, 3.8) is 0 Å². The Hall–Kier alpha value is -1.28. The van der Waals surface area contributed by atoms with Gasteiger partial charge in [-0.05, 0) is 43.2 Å². The van der Waals surface area contributed by atoms with E-state index in [1.807, 2.05) is 12.1 Å². The molecule has 120 valence electrons. The minimum atomic E-state index is 0.208. The van der Waals surface area contributed by atoms with Gasteiger partial charge >= 0.3 is 0 Å². The van der Waals surface area contributed by atoms with Gasteiger partial charge in [0.25, 0.3) is 0 Å². The Kier molecular flexibility index (Phi) is 3.64. The van der Waals surface area contributed by atoms with Gasteiger partial charge in [0.05, 0.1) is 26.2 Å². The fourth-order valence-electron chi connectivity index (χ4n) is 4.74. The van der Waals surface area contributed by atoms with Crippen LogP contribution in [0.3, 0.4) is 0 Å². The Morgan fingerprint density at radius 3 is 2.82 bits per heavy atom. The number of nitrogens with zero attached hydrogens (tertiary/aromatic N) is 1. The van der Waals surface area contributed by atoms with Crippen molar-refractivity contribution in [2.45, 2.75) is 52.0 Å². The third kappa shape index (κ3) is 2.28. The van der Waals surface area contributed by atoms with Crippen molar-refractivity contribution in [2.75, 3.05) is 20.1 Å². The van der Waals surface area contributed by atoms with Gasteiger partial charge in [-0.2, -0.15) is 0 Å². The molecule has 2 nitrogen and oxygen atoms in total. The predicted octanol–water partition coefficient (Wildman–Crippen LogP) is 4.03. The summed E-state index contributed by atoms with van der Waals surface area (Å²) in [5, 5.41) is 9.92. The van der Waals surface area contributed by atoms with Gasteiger partial charge < -0.3 is 9.59 Å². The maximum absolute atomic E-state index is 9.92. The number of allylic oxidation sites excluding steroid dienone is 1. The number of likely N-dealkylation sites (tertiary alicyclic amines) is 1. The van der Waals surface area contributed by atoms with Crippen LogP contribution in [-0.2, 0) is 11.8 Å². The summed E-state index contributed by atoms with van der Waals surface area (Å²) in [5.74, 6) is 1.06. The van der Waals surface area contributed by atoms with Crippen LogP contribution in [-0.4, -0.2) is 35.8 Å². The molecule has 1 saturated heterocycles. The minimum Gasteiger partial charge on any atom is -0.508 e. The highest BCUT2D eigenvalue weighted by atomic mass is 16.3. The zero-order chi connectivity index (χ0) is 16.1. The largest absolute Gasteiger partial charge is 0.508 e. The van der Waals surface area contributed by atoms with E-state index in [9.17, 15) is 5.11 Å². The van der Waals surface area contributed by atoms with E-state index in [0.717, 1.165) is 17.4 Å². The van der Waals surface area contributed by atoms with Crippen LogP contribution < -0.4 is 0 Å². The van der Waals surface area contributed by atoms with Gasteiger partial charge in [-0.15, -0.1) is 0 Å². The van der Waals surface area contributed by atoms with Gasteiger partial charge in [0.2, 0.25) is 0 Å². The van der Waals surface area contributed by atoms with Crippen LogP contribution in [0, 0.1) is 5.92 Å². The highest BCUT2D eigenvalue weighted by Gasteiger charge is 2.54. The molecule has 22 heavy (non-hydrogen) atoms. The summed E-state index contributed by atoms with van der Waals surface area (Å²) in [5.41, 5.74) is 4.47. The van der Waals surface area contributed by atoms with Crippen LogP contribution >= 0.6 is 0 Å². The van der Waals surface area contributed by atoms with E-state index >= 15 is 0 Å². The number of piperidine rings is 1. The molecule has 1 aliphatic carbocycles. The average Bonchev–Trinajstić information content (AvgIpc) is 2.46. The molecule has 0 radical (unpaired) electrons. The van der Waals surface area contributed by atoms with E-state index in [1.165, 1.54) is 29.7 Å². The second kappa shape index (κ2) is 5.13. The number of phenolic OH excluding ortho intramolecular Hbond substituents is 1. The van der Waals surface area contributed by atoms with Crippen molar-refractivity contribution in [3.8, 4) is 5.75 Å². The molecule has 2 bridgehead atoms. The van der Waals surface area contributed by atoms with Crippen LogP contribution in [0.1, 0.15) is 45.2 Å². The first kappa shape index (κ1) is 15.6. The monoisotopic (exact) mass is 300 g/mol. The van der Waals surface area contributed by atoms with E-state index < -0.39 is 0 Å². The lowest BCUT2D eigenvalue weighted by atomic mass is 9.58. The number of phenols is 1. The van der Waals surface area contributed by atoms with Crippen molar-refractivity contribution < 1.29 is 9.59 Å². The van der Waals surface area contributed by atoms with Crippen molar-refractivity contribution in [1.29, 1.82) is 0 Å². The molecule has 1 heterocycles. The molecular formula is C20H30NO+. The highest BCUT2D eigenvalue weighted by Crippen LogP contribution is 2.51. The number of rotatable bonds is 2. The normalized spacial score (nSPS) is 36.6. The van der Waals surface area contributed by atoms with Gasteiger partial charge in [0.1, 0.15) is 5.75 Å². The fourth-order valence-corrected chi connectivity index (χ4v) is 4.74. The molecule has 2 aliphatic rings. The summed E-state index contributed by atoms with van der Waals surface area (Å²) in [4.78, 5) is 0. The number of hydrogen-bond donors (Lipinski definition) is 1. The van der Waals surface area contributed by atoms with Crippen molar-refractivity contribution >= 4 is 0 Å². The first-order valence-corrected chi connectivity index (χ1v) is 8.56. The third-order valence-corrected chi connectivity index (χ3v) is 6.58. The van der Waals surface area contributed by atoms with Gasteiger partial charge in [-0.25, -0.2) is 0 Å². The second-order valence-corrected chi connectivity index (χ2v) is 8.24. The summed E-state index contributed by atoms with van der Waals surface area (Å²) < 4.78 is 1.16. The SMILES string of the molecule is CC(C)=CC[N+]1(C)CCC2(C)c3cc(O)ccc3CC1C2C. The Balaban J connectivity index is 2.02. The van der Waals surface area contributed by atoms with Gasteiger partial charge in [-0.3, -0.25) is 0 Å². The van der Waals surface area contributed by atoms with Crippen LogP contribution in [0.4, 0.5) is 0 Å². The predicted molar refractivity (Wildman–Crippen MR) is 92.1 cm³/mol. The van der Waals surface area contributed by atoms with Crippen LogP contribution in [0.5, 0.6) is 5.75 Å². The molecule has 0 spiro atoms. The smallest absolute Gasteiger partial charge is 0.115 e. The van der Waals surface area contributed by atoms with E-state index in [4.69, 9.17) is 0 Å². The summed E-state index contributed by atoms with van der Waals surface area (Å²) in [6, 6.07) is 6.70. The van der Waals surface area contributed by atoms with E-state index in [2.05, 4.69) is 46.9 Å². The second-order valence-electron chi connectivity index (χ2n) is 8.24. The van der Waals surface area contributed by atoms with E-state index in [0.29, 0.717) is 17.7 Å². The molecule has 1 aromatic rings. The zero-order valence-electron chi connectivity index (χ0n) is 14.7. The maximum Gasteiger partial charge on any atom is 0.115 e. The van der Waals surface area contributed by atoms with E-state index in [1.54, 1.807) is 0 Å². The molecule has 2 heteroatoms. The molecular weight excluding hydrogens is 270 g/mol. The summed E-state index contributed by atoms with van der Waals surface area (Å²) >= 11 is 0. The standard InChI is InChI=1S/C20H29NO/c1-14(2)8-10-21(5)11-9-20(4)15(3)19(21)12-16-6-7-17(22)13-18(16)20/h6-8,13,15,19H,9-12H2,1-5H3/p+1. The molecule has 0 aromatic heterocycles.